The molecule has 0 saturated carbocycles. The molecule has 0 aliphatic heterocycles. The van der Waals surface area contributed by atoms with Gasteiger partial charge >= 0.3 is 12.1 Å². The largest absolute Gasteiger partial charge is 0.573 e. The average molecular weight is 541 g/mol. The Morgan fingerprint density at radius 3 is 2.43 bits per heavy atom. The maximum Gasteiger partial charge on any atom is 0.573 e. The number of hydrogen-bond acceptors (Lipinski definition) is 5. The second-order valence-corrected chi connectivity index (χ2v) is 8.70. The maximum atomic E-state index is 14.6. The number of imidazole rings is 1. The summed E-state index contributed by atoms with van der Waals surface area (Å²) in [6, 6.07) is 9.32. The Balaban J connectivity index is 1.90. The second kappa shape index (κ2) is 10.4. The quantitative estimate of drug-likeness (QED) is 0.345. The lowest BCUT2D eigenvalue weighted by molar-refractivity contribution is -0.274. The second-order valence-electron chi connectivity index (χ2n) is 8.27. The highest BCUT2D eigenvalue weighted by molar-refractivity contribution is 6.30. The zero-order valence-electron chi connectivity index (χ0n) is 19.4. The monoisotopic (exact) mass is 540 g/mol. The number of halogens is 5. The summed E-state index contributed by atoms with van der Waals surface area (Å²) in [5, 5.41) is 9.67. The summed E-state index contributed by atoms with van der Waals surface area (Å²) in [5.41, 5.74) is -0.681. The van der Waals surface area contributed by atoms with Crippen molar-refractivity contribution in [1.29, 1.82) is 0 Å². The molecule has 2 heterocycles. The Morgan fingerprint density at radius 1 is 1.08 bits per heavy atom. The molecule has 0 amide bonds. The molecule has 0 aliphatic rings. The van der Waals surface area contributed by atoms with Gasteiger partial charge in [-0.1, -0.05) is 23.7 Å². The molecule has 13 heteroatoms. The van der Waals surface area contributed by atoms with Crippen molar-refractivity contribution < 1.29 is 27.4 Å². The molecular formula is C24H21ClF4N4O4. The number of aromatic nitrogens is 4. The van der Waals surface area contributed by atoms with Gasteiger partial charge in [0.25, 0.3) is 5.56 Å². The molecule has 0 fully saturated rings. The molecule has 1 N–H and O–H groups in total. The number of fused-ring (bicyclic) bond motifs is 1. The van der Waals surface area contributed by atoms with Gasteiger partial charge in [0.1, 0.15) is 17.4 Å². The molecule has 4 rings (SSSR count). The number of hydrogen-bond donors (Lipinski definition) is 1. The zero-order chi connectivity index (χ0) is 26.9. The Kier molecular flexibility index (Phi) is 7.42. The first-order valence-electron chi connectivity index (χ1n) is 11.1. The van der Waals surface area contributed by atoms with Crippen LogP contribution in [0.15, 0.2) is 52.1 Å². The van der Waals surface area contributed by atoms with E-state index in [2.05, 4.69) is 9.72 Å². The lowest BCUT2D eigenvalue weighted by atomic mass is 10.1. The Morgan fingerprint density at radius 2 is 1.78 bits per heavy atom. The Bertz CT molecular complexity index is 1560. The van der Waals surface area contributed by atoms with Crippen LogP contribution in [0.5, 0.6) is 5.75 Å². The van der Waals surface area contributed by atoms with E-state index in [1.807, 2.05) is 0 Å². The summed E-state index contributed by atoms with van der Waals surface area (Å²) in [7, 11) is 1.42. The van der Waals surface area contributed by atoms with E-state index in [4.69, 9.17) is 11.6 Å². The summed E-state index contributed by atoms with van der Waals surface area (Å²) in [6.07, 6.45) is -5.10. The summed E-state index contributed by atoms with van der Waals surface area (Å²) in [5.74, 6) is -1.27. The van der Waals surface area contributed by atoms with E-state index < -0.39 is 29.2 Å². The van der Waals surface area contributed by atoms with Crippen LogP contribution in [-0.4, -0.2) is 36.8 Å². The molecule has 0 unspecified atom stereocenters. The first-order valence-corrected chi connectivity index (χ1v) is 11.4. The number of aliphatic hydroxyl groups excluding tert-OH is 1. The van der Waals surface area contributed by atoms with Gasteiger partial charge in [0.05, 0.1) is 0 Å². The van der Waals surface area contributed by atoms with E-state index in [0.717, 1.165) is 27.3 Å². The smallest absolute Gasteiger partial charge is 0.406 e. The fourth-order valence-electron chi connectivity index (χ4n) is 3.97. The molecule has 4 aromatic rings. The summed E-state index contributed by atoms with van der Waals surface area (Å²) in [4.78, 5) is 30.6. The number of ether oxygens (including phenoxy) is 1. The first kappa shape index (κ1) is 26.4. The van der Waals surface area contributed by atoms with Gasteiger partial charge in [0.15, 0.2) is 11.2 Å². The van der Waals surface area contributed by atoms with Crippen molar-refractivity contribution in [3.8, 4) is 5.75 Å². The van der Waals surface area contributed by atoms with Crippen molar-refractivity contribution in [2.75, 3.05) is 6.61 Å². The van der Waals surface area contributed by atoms with Crippen LogP contribution in [0.4, 0.5) is 17.6 Å². The molecule has 0 bridgehead atoms. The van der Waals surface area contributed by atoms with Gasteiger partial charge in [-0.3, -0.25) is 13.9 Å². The lowest BCUT2D eigenvalue weighted by Crippen LogP contribution is -2.40. The van der Waals surface area contributed by atoms with Gasteiger partial charge in [-0.05, 0) is 47.9 Å². The first-order chi connectivity index (χ1) is 17.5. The summed E-state index contributed by atoms with van der Waals surface area (Å²) >= 11 is 5.97. The van der Waals surface area contributed by atoms with Gasteiger partial charge in [-0.2, -0.15) is 0 Å². The van der Waals surface area contributed by atoms with Crippen molar-refractivity contribution in [2.24, 2.45) is 7.05 Å². The van der Waals surface area contributed by atoms with Gasteiger partial charge < -0.3 is 14.4 Å². The Labute approximate surface area is 211 Å². The van der Waals surface area contributed by atoms with E-state index in [1.54, 1.807) is 24.3 Å². The van der Waals surface area contributed by atoms with Crippen LogP contribution in [0.25, 0.3) is 11.2 Å². The van der Waals surface area contributed by atoms with Crippen LogP contribution in [0, 0.1) is 5.82 Å². The number of aliphatic hydroxyl groups is 1. The van der Waals surface area contributed by atoms with Gasteiger partial charge in [-0.15, -0.1) is 13.2 Å². The van der Waals surface area contributed by atoms with Gasteiger partial charge in [-0.25, -0.2) is 14.2 Å². The number of alkyl halides is 3. The number of benzene rings is 2. The molecule has 2 aromatic carbocycles. The normalized spacial score (nSPS) is 11.9. The van der Waals surface area contributed by atoms with Crippen LogP contribution in [0.3, 0.4) is 0 Å². The minimum Gasteiger partial charge on any atom is -0.406 e. The fourth-order valence-corrected chi connectivity index (χ4v) is 4.10. The average Bonchev–Trinajstić information content (AvgIpc) is 3.18. The van der Waals surface area contributed by atoms with E-state index in [0.29, 0.717) is 10.6 Å². The highest BCUT2D eigenvalue weighted by Gasteiger charge is 2.31. The highest BCUT2D eigenvalue weighted by atomic mass is 35.5. The molecule has 2 aromatic heterocycles. The third kappa shape index (κ3) is 5.70. The predicted molar refractivity (Wildman–Crippen MR) is 127 cm³/mol. The SMILES string of the molecule is Cn1c(=O)n(CCCO)c(=O)c2c1nc(Cc1cc(OC(F)(F)F)ccc1F)n2Cc1ccc(Cl)cc1. The third-order valence-electron chi connectivity index (χ3n) is 5.70. The number of rotatable bonds is 8. The maximum absolute atomic E-state index is 14.6. The summed E-state index contributed by atoms with van der Waals surface area (Å²) < 4.78 is 60.3. The molecule has 0 atom stereocenters. The minimum absolute atomic E-state index is 0.0299. The van der Waals surface area contributed by atoms with Crippen LogP contribution in [-0.2, 0) is 26.6 Å². The fraction of sp³-hybridized carbons (Fsp3) is 0.292. The van der Waals surface area contributed by atoms with Crippen LogP contribution >= 0.6 is 11.6 Å². The number of aryl methyl sites for hydroxylation is 1. The van der Waals surface area contributed by atoms with Crippen LogP contribution in [0.2, 0.25) is 5.02 Å². The van der Waals surface area contributed by atoms with Crippen molar-refractivity contribution in [2.45, 2.75) is 32.3 Å². The molecule has 37 heavy (non-hydrogen) atoms. The van der Waals surface area contributed by atoms with Crippen molar-refractivity contribution >= 4 is 22.8 Å². The van der Waals surface area contributed by atoms with Crippen molar-refractivity contribution in [3.05, 3.63) is 91.1 Å². The van der Waals surface area contributed by atoms with Crippen LogP contribution in [0.1, 0.15) is 23.4 Å². The van der Waals surface area contributed by atoms with Crippen molar-refractivity contribution in [1.82, 2.24) is 18.7 Å². The minimum atomic E-state index is -4.96. The molecular weight excluding hydrogens is 520 g/mol. The summed E-state index contributed by atoms with van der Waals surface area (Å²) in [6.45, 7) is -0.194. The number of nitrogens with zero attached hydrogens (tertiary/aromatic N) is 4. The highest BCUT2D eigenvalue weighted by Crippen LogP contribution is 2.27. The van der Waals surface area contributed by atoms with Gasteiger partial charge in [0, 0.05) is 38.2 Å². The standard InChI is InChI=1S/C24H21ClF4N4O4/c1-31-21-20(22(35)32(23(31)36)9-2-10-34)33(13-14-3-5-16(25)6-4-14)19(30-21)12-15-11-17(7-8-18(15)26)37-24(27,28)29/h3-8,11,34H,2,9-10,12-13H2,1H3. The molecule has 8 nitrogen and oxygen atoms in total. The van der Waals surface area contributed by atoms with E-state index in [1.165, 1.54) is 11.6 Å². The van der Waals surface area contributed by atoms with Gasteiger partial charge in [0.2, 0.25) is 0 Å². The van der Waals surface area contributed by atoms with E-state index in [9.17, 15) is 32.3 Å². The predicted octanol–water partition coefficient (Wildman–Crippen LogP) is 3.61. The molecule has 0 aliphatic carbocycles. The topological polar surface area (TPSA) is 91.3 Å². The van der Waals surface area contributed by atoms with Crippen molar-refractivity contribution in [3.63, 3.8) is 0 Å². The molecule has 0 spiro atoms. The molecule has 196 valence electrons. The van der Waals surface area contributed by atoms with E-state index >= 15 is 0 Å². The molecule has 0 saturated heterocycles. The third-order valence-corrected chi connectivity index (χ3v) is 5.96. The molecule has 0 radical (unpaired) electrons. The van der Waals surface area contributed by atoms with E-state index in [-0.39, 0.29) is 55.1 Å². The lowest BCUT2D eigenvalue weighted by Gasteiger charge is -2.13. The van der Waals surface area contributed by atoms with Crippen LogP contribution < -0.4 is 16.0 Å². The zero-order valence-corrected chi connectivity index (χ0v) is 20.2. The Hall–Kier alpha value is -3.64.